The second kappa shape index (κ2) is 10.2. The molecule has 0 radical (unpaired) electrons. The molecule has 7 heteroatoms. The lowest BCUT2D eigenvalue weighted by atomic mass is 10.5. The minimum atomic E-state index is -1.97. The third-order valence-electron chi connectivity index (χ3n) is 1.61. The molecule has 0 aromatic rings. The molecular formula is C7H17Cl2N2O2P. The first-order valence-corrected chi connectivity index (χ1v) is 6.94. The molecule has 86 valence electrons. The van der Waals surface area contributed by atoms with E-state index in [2.05, 4.69) is 5.09 Å². The van der Waals surface area contributed by atoms with Gasteiger partial charge in [0.2, 0.25) is 8.10 Å². The zero-order valence-electron chi connectivity index (χ0n) is 8.01. The van der Waals surface area contributed by atoms with Crippen molar-refractivity contribution < 1.29 is 9.67 Å². The lowest BCUT2D eigenvalue weighted by Crippen LogP contribution is -2.26. The van der Waals surface area contributed by atoms with E-state index in [0.717, 1.165) is 0 Å². The second-order valence-electron chi connectivity index (χ2n) is 2.67. The molecule has 0 rings (SSSR count). The van der Waals surface area contributed by atoms with Gasteiger partial charge in [0.25, 0.3) is 0 Å². The maximum absolute atomic E-state index is 11.6. The molecule has 1 atom stereocenters. The topological polar surface area (TPSA) is 52.6 Å². The van der Waals surface area contributed by atoms with Crippen LogP contribution in [0.4, 0.5) is 0 Å². The third kappa shape index (κ3) is 7.04. The summed E-state index contributed by atoms with van der Waals surface area (Å²) in [6, 6.07) is 0. The Hall–Kier alpha value is 0.690. The van der Waals surface area contributed by atoms with Crippen LogP contribution in [0.3, 0.4) is 0 Å². The first kappa shape index (κ1) is 14.7. The summed E-state index contributed by atoms with van der Waals surface area (Å²) in [6.45, 7) is 1.79. The summed E-state index contributed by atoms with van der Waals surface area (Å²) < 4.78 is 13.3. The monoisotopic (exact) mass is 262 g/mol. The average molecular weight is 263 g/mol. The van der Waals surface area contributed by atoms with Gasteiger partial charge >= 0.3 is 0 Å². The van der Waals surface area contributed by atoms with E-state index in [0.29, 0.717) is 37.8 Å². The van der Waals surface area contributed by atoms with Crippen molar-refractivity contribution in [3.63, 3.8) is 0 Å². The van der Waals surface area contributed by atoms with Gasteiger partial charge in [0.1, 0.15) is 0 Å². The van der Waals surface area contributed by atoms with Crippen LogP contribution in [0.15, 0.2) is 0 Å². The molecular weight excluding hydrogens is 246 g/mol. The highest BCUT2D eigenvalue weighted by atomic mass is 35.5. The molecule has 0 aliphatic heterocycles. The van der Waals surface area contributed by atoms with Gasteiger partial charge in [-0.1, -0.05) is 0 Å². The molecule has 0 aliphatic carbocycles. The van der Waals surface area contributed by atoms with Crippen molar-refractivity contribution in [3.8, 4) is 0 Å². The van der Waals surface area contributed by atoms with Gasteiger partial charge < -0.3 is 5.11 Å². The highest BCUT2D eigenvalue weighted by molar-refractivity contribution is 7.39. The molecule has 0 bridgehead atoms. The Morgan fingerprint density at radius 1 is 1.29 bits per heavy atom. The molecule has 1 unspecified atom stereocenters. The summed E-state index contributed by atoms with van der Waals surface area (Å²) in [5.41, 5.74) is 0. The Morgan fingerprint density at radius 3 is 2.29 bits per heavy atom. The van der Waals surface area contributed by atoms with E-state index in [-0.39, 0.29) is 6.61 Å². The van der Waals surface area contributed by atoms with Crippen molar-refractivity contribution in [2.24, 2.45) is 0 Å². The van der Waals surface area contributed by atoms with Crippen LogP contribution in [-0.4, -0.2) is 47.8 Å². The molecule has 0 aromatic carbocycles. The van der Waals surface area contributed by atoms with Gasteiger partial charge in [0.15, 0.2) is 0 Å². The third-order valence-corrected chi connectivity index (χ3v) is 3.52. The van der Waals surface area contributed by atoms with Crippen LogP contribution < -0.4 is 5.09 Å². The summed E-state index contributed by atoms with van der Waals surface area (Å²) in [7, 11) is -1.97. The summed E-state index contributed by atoms with van der Waals surface area (Å²) in [6.07, 6.45) is 0.603. The molecule has 14 heavy (non-hydrogen) atoms. The van der Waals surface area contributed by atoms with Gasteiger partial charge in [-0.05, 0) is 6.42 Å². The molecule has 4 nitrogen and oxygen atoms in total. The van der Waals surface area contributed by atoms with Crippen molar-refractivity contribution in [2.45, 2.75) is 6.42 Å². The first-order valence-electron chi connectivity index (χ1n) is 4.51. The van der Waals surface area contributed by atoms with E-state index in [4.69, 9.17) is 28.3 Å². The predicted octanol–water partition coefficient (Wildman–Crippen LogP) is 1.13. The standard InChI is InChI=1S/C7H17Cl2N2O2P/c8-2-5-11(6-3-9)14(13)10-4-1-7-12/h12,14H,1-7H2,(H,10,13). The van der Waals surface area contributed by atoms with Crippen molar-refractivity contribution in [1.82, 2.24) is 9.76 Å². The summed E-state index contributed by atoms with van der Waals surface area (Å²) in [4.78, 5) is 0. The first-order chi connectivity index (χ1) is 6.76. The number of aliphatic hydroxyl groups is 1. The molecule has 0 saturated carbocycles. The smallest absolute Gasteiger partial charge is 0.202 e. The molecule has 2 N–H and O–H groups in total. The Bertz CT molecular complexity index is 157. The van der Waals surface area contributed by atoms with Gasteiger partial charge in [-0.3, -0.25) is 9.65 Å². The fourth-order valence-corrected chi connectivity index (χ4v) is 2.84. The maximum Gasteiger partial charge on any atom is 0.202 e. The Kier molecular flexibility index (Phi) is 10.7. The number of hydrogen-bond donors (Lipinski definition) is 2. The quantitative estimate of drug-likeness (QED) is 0.372. The minimum Gasteiger partial charge on any atom is -0.396 e. The summed E-state index contributed by atoms with van der Waals surface area (Å²) in [5, 5.41) is 11.4. The maximum atomic E-state index is 11.6. The van der Waals surface area contributed by atoms with E-state index >= 15 is 0 Å². The fraction of sp³-hybridized carbons (Fsp3) is 1.00. The summed E-state index contributed by atoms with van der Waals surface area (Å²) >= 11 is 11.1. The van der Waals surface area contributed by atoms with Crippen molar-refractivity contribution >= 4 is 31.3 Å². The number of aliphatic hydroxyl groups excluding tert-OH is 1. The lowest BCUT2D eigenvalue weighted by Gasteiger charge is -2.19. The zero-order valence-corrected chi connectivity index (χ0v) is 10.5. The lowest BCUT2D eigenvalue weighted by molar-refractivity contribution is 0.289. The molecule has 0 amide bonds. The molecule has 0 aromatic heterocycles. The van der Waals surface area contributed by atoms with Gasteiger partial charge in [-0.25, -0.2) is 4.67 Å². The SMILES string of the molecule is O=[PH](NCCCO)N(CCCl)CCCl. The number of nitrogens with zero attached hydrogens (tertiary/aromatic N) is 1. The van der Waals surface area contributed by atoms with Crippen LogP contribution >= 0.6 is 31.3 Å². The molecule has 0 heterocycles. The number of nitrogens with one attached hydrogen (secondary N) is 1. The highest BCUT2D eigenvalue weighted by Crippen LogP contribution is 2.21. The van der Waals surface area contributed by atoms with Crippen LogP contribution in [0, 0.1) is 0 Å². The van der Waals surface area contributed by atoms with Crippen molar-refractivity contribution in [1.29, 1.82) is 0 Å². The van der Waals surface area contributed by atoms with Crippen LogP contribution in [0.1, 0.15) is 6.42 Å². The Balaban J connectivity index is 3.76. The van der Waals surface area contributed by atoms with E-state index in [1.165, 1.54) is 0 Å². The fourth-order valence-electron chi connectivity index (χ4n) is 0.905. The minimum absolute atomic E-state index is 0.104. The molecule has 0 aliphatic rings. The van der Waals surface area contributed by atoms with Gasteiger partial charge in [-0.15, -0.1) is 23.2 Å². The van der Waals surface area contributed by atoms with Gasteiger partial charge in [-0.2, -0.15) is 0 Å². The van der Waals surface area contributed by atoms with Crippen molar-refractivity contribution in [2.75, 3.05) is 38.0 Å². The Labute approximate surface area is 95.5 Å². The number of alkyl halides is 2. The molecule has 0 spiro atoms. The number of hydrogen-bond acceptors (Lipinski definition) is 2. The van der Waals surface area contributed by atoms with Crippen molar-refractivity contribution in [3.05, 3.63) is 0 Å². The summed E-state index contributed by atoms with van der Waals surface area (Å²) in [5.74, 6) is 0.879. The van der Waals surface area contributed by atoms with E-state index in [9.17, 15) is 4.57 Å². The van der Waals surface area contributed by atoms with Gasteiger partial charge in [0.05, 0.1) is 0 Å². The number of rotatable bonds is 9. The molecule has 0 saturated heterocycles. The number of halogens is 2. The normalized spacial score (nSPS) is 13.4. The highest BCUT2D eigenvalue weighted by Gasteiger charge is 2.09. The average Bonchev–Trinajstić information content (AvgIpc) is 2.18. The second-order valence-corrected chi connectivity index (χ2v) is 5.03. The predicted molar refractivity (Wildman–Crippen MR) is 61.7 cm³/mol. The molecule has 0 fully saturated rings. The van der Waals surface area contributed by atoms with Crippen LogP contribution in [-0.2, 0) is 4.57 Å². The van der Waals surface area contributed by atoms with Gasteiger partial charge in [0, 0.05) is 38.0 Å². The van der Waals surface area contributed by atoms with E-state index in [1.807, 2.05) is 0 Å². The Morgan fingerprint density at radius 2 is 1.86 bits per heavy atom. The zero-order chi connectivity index (χ0) is 10.8. The largest absolute Gasteiger partial charge is 0.396 e. The van der Waals surface area contributed by atoms with Crippen LogP contribution in [0.25, 0.3) is 0 Å². The van der Waals surface area contributed by atoms with Crippen LogP contribution in [0.2, 0.25) is 0 Å². The van der Waals surface area contributed by atoms with E-state index in [1.54, 1.807) is 4.67 Å². The van der Waals surface area contributed by atoms with E-state index < -0.39 is 8.10 Å². The van der Waals surface area contributed by atoms with Crippen LogP contribution in [0.5, 0.6) is 0 Å².